The van der Waals surface area contributed by atoms with E-state index in [1.807, 2.05) is 0 Å². The molecule has 0 bridgehead atoms. The summed E-state index contributed by atoms with van der Waals surface area (Å²) in [5, 5.41) is 0. The summed E-state index contributed by atoms with van der Waals surface area (Å²) in [6.45, 7) is 3.04. The highest BCUT2D eigenvalue weighted by Crippen LogP contribution is 2.36. The van der Waals surface area contributed by atoms with Crippen molar-refractivity contribution in [2.45, 2.75) is 64.2 Å². The molecule has 0 unspecified atom stereocenters. The Hall–Kier alpha value is -1.31. The second-order valence-electron chi connectivity index (χ2n) is 6.41. The number of rotatable bonds is 8. The fourth-order valence-electron chi connectivity index (χ4n) is 3.30. The summed E-state index contributed by atoms with van der Waals surface area (Å²) < 4.78 is 18.0. The smallest absolute Gasteiger partial charge is 0.119 e. The first-order chi connectivity index (χ1) is 10.8. The molecular weight excluding hydrogens is 275 g/mol. The highest BCUT2D eigenvalue weighted by atomic mass is 19.1. The van der Waals surface area contributed by atoms with Crippen LogP contribution in [-0.4, -0.2) is 6.61 Å². The van der Waals surface area contributed by atoms with Gasteiger partial charge in [0.2, 0.25) is 0 Å². The molecule has 1 saturated carbocycles. The van der Waals surface area contributed by atoms with E-state index in [0.29, 0.717) is 18.2 Å². The van der Waals surface area contributed by atoms with Crippen LogP contribution in [0.2, 0.25) is 0 Å². The number of allylic oxidation sites excluding steroid dienone is 1. The Morgan fingerprint density at radius 3 is 2.41 bits per heavy atom. The van der Waals surface area contributed by atoms with Crippen molar-refractivity contribution >= 4 is 0 Å². The van der Waals surface area contributed by atoms with Crippen LogP contribution in [0.15, 0.2) is 36.7 Å². The zero-order valence-corrected chi connectivity index (χ0v) is 13.8. The summed E-state index contributed by atoms with van der Waals surface area (Å²) in [5.74, 6) is 2.05. The van der Waals surface area contributed by atoms with Gasteiger partial charge in [-0.1, -0.05) is 44.4 Å². The first-order valence-electron chi connectivity index (χ1n) is 8.83. The lowest BCUT2D eigenvalue weighted by Gasteiger charge is -2.26. The monoisotopic (exact) mass is 304 g/mol. The summed E-state index contributed by atoms with van der Waals surface area (Å²) in [6.07, 6.45) is 11.9. The summed E-state index contributed by atoms with van der Waals surface area (Å²) in [6, 6.07) is 8.61. The van der Waals surface area contributed by atoms with Gasteiger partial charge in [0.25, 0.3) is 0 Å². The van der Waals surface area contributed by atoms with Gasteiger partial charge in [-0.25, -0.2) is 4.39 Å². The van der Waals surface area contributed by atoms with E-state index in [4.69, 9.17) is 4.74 Å². The fourth-order valence-corrected chi connectivity index (χ4v) is 3.30. The Labute approximate surface area is 134 Å². The van der Waals surface area contributed by atoms with Crippen LogP contribution in [0.1, 0.15) is 69.8 Å². The molecule has 1 nitrogen and oxygen atoms in total. The van der Waals surface area contributed by atoms with E-state index in [9.17, 15) is 4.39 Å². The average molecular weight is 304 g/mol. The number of hydrogen-bond donors (Lipinski definition) is 0. The minimum atomic E-state index is 0.437. The van der Waals surface area contributed by atoms with Crippen LogP contribution < -0.4 is 4.74 Å². The van der Waals surface area contributed by atoms with Crippen molar-refractivity contribution in [2.24, 2.45) is 5.92 Å². The third kappa shape index (κ3) is 5.47. The molecule has 122 valence electrons. The van der Waals surface area contributed by atoms with Gasteiger partial charge in [-0.15, -0.1) is 0 Å². The lowest BCUT2D eigenvalue weighted by atomic mass is 9.79. The highest BCUT2D eigenvalue weighted by molar-refractivity contribution is 5.29. The van der Waals surface area contributed by atoms with Gasteiger partial charge in [-0.3, -0.25) is 0 Å². The molecule has 2 rings (SSSR count). The molecule has 1 aromatic rings. The van der Waals surface area contributed by atoms with Gasteiger partial charge < -0.3 is 4.74 Å². The third-order valence-corrected chi connectivity index (χ3v) is 4.73. The van der Waals surface area contributed by atoms with E-state index in [-0.39, 0.29) is 0 Å². The molecule has 1 aliphatic rings. The Morgan fingerprint density at radius 1 is 1.05 bits per heavy atom. The van der Waals surface area contributed by atoms with Crippen LogP contribution in [0, 0.1) is 5.92 Å². The van der Waals surface area contributed by atoms with Crippen molar-refractivity contribution in [3.63, 3.8) is 0 Å². The summed E-state index contributed by atoms with van der Waals surface area (Å²) in [4.78, 5) is 0. The summed E-state index contributed by atoms with van der Waals surface area (Å²) in [7, 11) is 0. The normalized spacial score (nSPS) is 22.1. The van der Waals surface area contributed by atoms with E-state index in [1.165, 1.54) is 24.8 Å². The van der Waals surface area contributed by atoms with E-state index >= 15 is 0 Å². The largest absolute Gasteiger partial charge is 0.494 e. The van der Waals surface area contributed by atoms with Crippen LogP contribution in [0.3, 0.4) is 0 Å². The Morgan fingerprint density at radius 2 is 1.77 bits per heavy atom. The molecule has 0 aliphatic heterocycles. The molecule has 1 fully saturated rings. The zero-order valence-electron chi connectivity index (χ0n) is 13.8. The van der Waals surface area contributed by atoms with E-state index in [0.717, 1.165) is 44.5 Å². The Balaban J connectivity index is 1.75. The fraction of sp³-hybridized carbons (Fsp3) is 0.600. The Bertz CT molecular complexity index is 430. The van der Waals surface area contributed by atoms with Gasteiger partial charge in [0.05, 0.1) is 12.9 Å². The van der Waals surface area contributed by atoms with Crippen molar-refractivity contribution in [3.8, 4) is 5.75 Å². The van der Waals surface area contributed by atoms with Crippen LogP contribution in [0.4, 0.5) is 4.39 Å². The minimum Gasteiger partial charge on any atom is -0.494 e. The summed E-state index contributed by atoms with van der Waals surface area (Å²) in [5.41, 5.74) is 1.40. The molecule has 0 amide bonds. The molecule has 0 aromatic heterocycles. The van der Waals surface area contributed by atoms with Crippen molar-refractivity contribution in [2.75, 3.05) is 6.61 Å². The Kier molecular flexibility index (Phi) is 7.48. The zero-order chi connectivity index (χ0) is 15.6. The predicted octanol–water partition coefficient (Wildman–Crippen LogP) is 6.40. The van der Waals surface area contributed by atoms with Crippen molar-refractivity contribution in [1.82, 2.24) is 0 Å². The maximum Gasteiger partial charge on any atom is 0.119 e. The topological polar surface area (TPSA) is 9.23 Å². The number of hydrogen-bond acceptors (Lipinski definition) is 1. The molecule has 1 aliphatic carbocycles. The van der Waals surface area contributed by atoms with Gasteiger partial charge in [-0.2, -0.15) is 0 Å². The highest BCUT2D eigenvalue weighted by Gasteiger charge is 2.20. The van der Waals surface area contributed by atoms with Gasteiger partial charge in [0.1, 0.15) is 5.75 Å². The van der Waals surface area contributed by atoms with Crippen molar-refractivity contribution < 1.29 is 9.13 Å². The van der Waals surface area contributed by atoms with Crippen LogP contribution in [0.5, 0.6) is 5.75 Å². The quantitative estimate of drug-likeness (QED) is 0.505. The number of halogens is 1. The molecule has 22 heavy (non-hydrogen) atoms. The molecule has 0 atom stereocenters. The lowest BCUT2D eigenvalue weighted by Crippen LogP contribution is -2.11. The first-order valence-corrected chi connectivity index (χ1v) is 8.83. The molecule has 0 saturated heterocycles. The van der Waals surface area contributed by atoms with E-state index < -0.39 is 0 Å². The number of benzene rings is 1. The molecule has 0 spiro atoms. The second-order valence-corrected chi connectivity index (χ2v) is 6.41. The summed E-state index contributed by atoms with van der Waals surface area (Å²) >= 11 is 0. The SMILES string of the molecule is CCCCCCOc1ccc([C@H]2CC[C@H](C=CF)CC2)cc1. The maximum absolute atomic E-state index is 12.2. The number of ether oxygens (including phenoxy) is 1. The average Bonchev–Trinajstić information content (AvgIpc) is 2.56. The van der Waals surface area contributed by atoms with Crippen molar-refractivity contribution in [3.05, 3.63) is 42.2 Å². The van der Waals surface area contributed by atoms with E-state index in [1.54, 1.807) is 6.08 Å². The van der Waals surface area contributed by atoms with Crippen LogP contribution in [0.25, 0.3) is 0 Å². The van der Waals surface area contributed by atoms with Gasteiger partial charge >= 0.3 is 0 Å². The molecular formula is C20H29FO. The maximum atomic E-state index is 12.2. The minimum absolute atomic E-state index is 0.437. The standard InChI is InChI=1S/C20H29FO/c1-2-3-4-5-16-22-20-12-10-19(11-13-20)18-8-6-17(7-9-18)14-15-21/h10-15,17-18H,2-9,16H2,1H3/t17-,18-. The van der Waals surface area contributed by atoms with Gasteiger partial charge in [0.15, 0.2) is 0 Å². The second kappa shape index (κ2) is 9.66. The first kappa shape index (κ1) is 17.1. The number of unbranched alkanes of at least 4 members (excludes halogenated alkanes) is 3. The van der Waals surface area contributed by atoms with Crippen LogP contribution in [-0.2, 0) is 0 Å². The van der Waals surface area contributed by atoms with Gasteiger partial charge in [-0.05, 0) is 61.6 Å². The molecule has 1 aromatic carbocycles. The molecule has 0 radical (unpaired) electrons. The lowest BCUT2D eigenvalue weighted by molar-refractivity contribution is 0.304. The molecule has 0 N–H and O–H groups in total. The molecule has 0 heterocycles. The predicted molar refractivity (Wildman–Crippen MR) is 91.0 cm³/mol. The third-order valence-electron chi connectivity index (χ3n) is 4.73. The van der Waals surface area contributed by atoms with Crippen molar-refractivity contribution in [1.29, 1.82) is 0 Å². The van der Waals surface area contributed by atoms with Gasteiger partial charge in [0, 0.05) is 0 Å². The van der Waals surface area contributed by atoms with E-state index in [2.05, 4.69) is 31.2 Å². The molecule has 2 heteroatoms. The van der Waals surface area contributed by atoms with Crippen LogP contribution >= 0.6 is 0 Å².